The molecule has 0 aromatic heterocycles. The average molecular weight is 267 g/mol. The number of carbonyl (C=O) groups is 2. The van der Waals surface area contributed by atoms with Gasteiger partial charge in [-0.2, -0.15) is 0 Å². The lowest BCUT2D eigenvalue weighted by Crippen LogP contribution is -2.53. The average Bonchev–Trinajstić information content (AvgIpc) is 2.41. The first kappa shape index (κ1) is 14.5. The molecule has 1 amide bonds. The molecule has 1 N–H and O–H groups in total. The molecule has 0 aliphatic carbocycles. The van der Waals surface area contributed by atoms with Crippen molar-refractivity contribution in [3.05, 3.63) is 0 Å². The van der Waals surface area contributed by atoms with Crippen LogP contribution < -0.4 is 5.32 Å². The fourth-order valence-electron chi connectivity index (χ4n) is 2.88. The second-order valence-electron chi connectivity index (χ2n) is 6.24. The monoisotopic (exact) mass is 267 g/mol. The summed E-state index contributed by atoms with van der Waals surface area (Å²) in [5.74, 6) is 0.591. The van der Waals surface area contributed by atoms with Crippen LogP contribution in [0.5, 0.6) is 0 Å². The first-order valence-electron chi connectivity index (χ1n) is 7.23. The van der Waals surface area contributed by atoms with Gasteiger partial charge in [0.15, 0.2) is 0 Å². The minimum atomic E-state index is -0.363. The highest BCUT2D eigenvalue weighted by Crippen LogP contribution is 2.22. The van der Waals surface area contributed by atoms with Gasteiger partial charge in [-0.3, -0.25) is 9.59 Å². The Morgan fingerprint density at radius 3 is 2.32 bits per heavy atom. The predicted octanol–water partition coefficient (Wildman–Crippen LogP) is 0.109. The number of piperidine rings is 1. The number of hydrogen-bond donors (Lipinski definition) is 1. The van der Waals surface area contributed by atoms with E-state index in [-0.39, 0.29) is 11.3 Å². The molecule has 2 heterocycles. The molecule has 2 rings (SSSR count). The van der Waals surface area contributed by atoms with Crippen molar-refractivity contribution >= 4 is 11.7 Å². The maximum atomic E-state index is 12.6. The Kier molecular flexibility index (Phi) is 4.58. The maximum Gasteiger partial charge on any atom is 0.229 e. The van der Waals surface area contributed by atoms with Gasteiger partial charge in [0.05, 0.1) is 5.41 Å². The highest BCUT2D eigenvalue weighted by molar-refractivity contribution is 5.82. The first-order valence-corrected chi connectivity index (χ1v) is 7.23. The molecule has 0 aromatic carbocycles. The summed E-state index contributed by atoms with van der Waals surface area (Å²) in [4.78, 5) is 28.0. The molecule has 2 fully saturated rings. The van der Waals surface area contributed by atoms with Crippen LogP contribution >= 0.6 is 0 Å². The molecule has 5 nitrogen and oxygen atoms in total. The van der Waals surface area contributed by atoms with Crippen LogP contribution in [-0.2, 0) is 9.59 Å². The SMILES string of the molecule is CC(C)(CN1CCC(=O)CC1)C(=O)N1CCNCC1. The van der Waals surface area contributed by atoms with Gasteiger partial charge in [-0.15, -0.1) is 0 Å². The normalized spacial score (nSPS) is 22.6. The van der Waals surface area contributed by atoms with Gasteiger partial charge in [0, 0.05) is 58.7 Å². The minimum absolute atomic E-state index is 0.242. The van der Waals surface area contributed by atoms with E-state index in [9.17, 15) is 9.59 Å². The van der Waals surface area contributed by atoms with E-state index in [2.05, 4.69) is 10.2 Å². The van der Waals surface area contributed by atoms with Crippen molar-refractivity contribution in [3.63, 3.8) is 0 Å². The zero-order valence-corrected chi connectivity index (χ0v) is 12.1. The van der Waals surface area contributed by atoms with E-state index < -0.39 is 0 Å². The Bertz CT molecular complexity index is 339. The zero-order chi connectivity index (χ0) is 13.9. The number of Topliss-reactive ketones (excluding diaryl/α,β-unsaturated/α-hetero) is 1. The van der Waals surface area contributed by atoms with Crippen LogP contribution in [0.15, 0.2) is 0 Å². The molecule has 2 saturated heterocycles. The summed E-state index contributed by atoms with van der Waals surface area (Å²) >= 11 is 0. The third-order valence-corrected chi connectivity index (χ3v) is 4.02. The van der Waals surface area contributed by atoms with E-state index in [0.717, 1.165) is 45.8 Å². The fourth-order valence-corrected chi connectivity index (χ4v) is 2.88. The van der Waals surface area contributed by atoms with Gasteiger partial charge in [0.2, 0.25) is 5.91 Å². The molecule has 0 atom stereocenters. The molecule has 2 aliphatic rings. The van der Waals surface area contributed by atoms with E-state index in [0.29, 0.717) is 18.6 Å². The fraction of sp³-hybridized carbons (Fsp3) is 0.857. The van der Waals surface area contributed by atoms with E-state index in [4.69, 9.17) is 0 Å². The van der Waals surface area contributed by atoms with E-state index in [1.807, 2.05) is 18.7 Å². The van der Waals surface area contributed by atoms with Gasteiger partial charge in [0.1, 0.15) is 5.78 Å². The van der Waals surface area contributed by atoms with Crippen molar-refractivity contribution < 1.29 is 9.59 Å². The third kappa shape index (κ3) is 3.76. The van der Waals surface area contributed by atoms with Crippen LogP contribution in [0.25, 0.3) is 0 Å². The third-order valence-electron chi connectivity index (χ3n) is 4.02. The van der Waals surface area contributed by atoms with Crippen molar-refractivity contribution in [1.29, 1.82) is 0 Å². The molecule has 19 heavy (non-hydrogen) atoms. The summed E-state index contributed by atoms with van der Waals surface area (Å²) in [6, 6.07) is 0. The summed E-state index contributed by atoms with van der Waals surface area (Å²) < 4.78 is 0. The molecule has 2 aliphatic heterocycles. The van der Waals surface area contributed by atoms with Crippen molar-refractivity contribution in [2.24, 2.45) is 5.41 Å². The molecule has 0 radical (unpaired) electrons. The topological polar surface area (TPSA) is 52.7 Å². The van der Waals surface area contributed by atoms with Gasteiger partial charge < -0.3 is 15.1 Å². The van der Waals surface area contributed by atoms with Crippen LogP contribution in [0.1, 0.15) is 26.7 Å². The maximum absolute atomic E-state index is 12.6. The van der Waals surface area contributed by atoms with Crippen LogP contribution in [-0.4, -0.2) is 67.3 Å². The van der Waals surface area contributed by atoms with Crippen LogP contribution in [0.2, 0.25) is 0 Å². The molecule has 0 aromatic rings. The Balaban J connectivity index is 1.89. The van der Waals surface area contributed by atoms with Gasteiger partial charge in [-0.25, -0.2) is 0 Å². The second-order valence-corrected chi connectivity index (χ2v) is 6.24. The highest BCUT2D eigenvalue weighted by Gasteiger charge is 2.35. The highest BCUT2D eigenvalue weighted by atomic mass is 16.2. The van der Waals surface area contributed by atoms with E-state index in [1.165, 1.54) is 0 Å². The van der Waals surface area contributed by atoms with Gasteiger partial charge in [-0.1, -0.05) is 0 Å². The lowest BCUT2D eigenvalue weighted by molar-refractivity contribution is -0.142. The molecule has 108 valence electrons. The Morgan fingerprint density at radius 2 is 1.74 bits per heavy atom. The van der Waals surface area contributed by atoms with Crippen LogP contribution in [0, 0.1) is 5.41 Å². The molecule has 0 bridgehead atoms. The summed E-state index contributed by atoms with van der Waals surface area (Å²) in [6.45, 7) is 9.79. The van der Waals surface area contributed by atoms with Crippen LogP contribution in [0.4, 0.5) is 0 Å². The lowest BCUT2D eigenvalue weighted by atomic mass is 9.89. The number of rotatable bonds is 3. The van der Waals surface area contributed by atoms with Crippen molar-refractivity contribution in [2.45, 2.75) is 26.7 Å². The smallest absolute Gasteiger partial charge is 0.229 e. The van der Waals surface area contributed by atoms with Crippen molar-refractivity contribution in [2.75, 3.05) is 45.8 Å². The zero-order valence-electron chi connectivity index (χ0n) is 12.1. The largest absolute Gasteiger partial charge is 0.340 e. The molecule has 0 saturated carbocycles. The predicted molar refractivity (Wildman–Crippen MR) is 73.9 cm³/mol. The Morgan fingerprint density at radius 1 is 1.16 bits per heavy atom. The molecular weight excluding hydrogens is 242 g/mol. The summed E-state index contributed by atoms with van der Waals surface area (Å²) in [7, 11) is 0. The number of carbonyl (C=O) groups excluding carboxylic acids is 2. The lowest BCUT2D eigenvalue weighted by Gasteiger charge is -2.38. The first-order chi connectivity index (χ1) is 8.99. The quantitative estimate of drug-likeness (QED) is 0.788. The van der Waals surface area contributed by atoms with Crippen LogP contribution in [0.3, 0.4) is 0 Å². The standard InChI is InChI=1S/C14H25N3O2/c1-14(2,11-16-7-3-12(18)4-8-16)13(19)17-9-5-15-6-10-17/h15H,3-11H2,1-2H3. The number of piperazine rings is 1. The number of amides is 1. The number of nitrogens with zero attached hydrogens (tertiary/aromatic N) is 2. The van der Waals surface area contributed by atoms with Crippen molar-refractivity contribution in [1.82, 2.24) is 15.1 Å². The molecule has 5 heteroatoms. The number of nitrogens with one attached hydrogen (secondary N) is 1. The number of ketones is 1. The minimum Gasteiger partial charge on any atom is -0.340 e. The second kappa shape index (κ2) is 6.01. The van der Waals surface area contributed by atoms with Gasteiger partial charge >= 0.3 is 0 Å². The molecular formula is C14H25N3O2. The van der Waals surface area contributed by atoms with Crippen molar-refractivity contribution in [3.8, 4) is 0 Å². The molecule has 0 spiro atoms. The Hall–Kier alpha value is -0.940. The molecule has 0 unspecified atom stereocenters. The summed E-state index contributed by atoms with van der Waals surface area (Å²) in [5, 5.41) is 3.27. The summed E-state index contributed by atoms with van der Waals surface area (Å²) in [6.07, 6.45) is 1.27. The summed E-state index contributed by atoms with van der Waals surface area (Å²) in [5.41, 5.74) is -0.363. The van der Waals surface area contributed by atoms with E-state index in [1.54, 1.807) is 0 Å². The number of hydrogen-bond acceptors (Lipinski definition) is 4. The van der Waals surface area contributed by atoms with Gasteiger partial charge in [-0.05, 0) is 13.8 Å². The Labute approximate surface area is 115 Å². The number of likely N-dealkylation sites (tertiary alicyclic amines) is 1. The van der Waals surface area contributed by atoms with Gasteiger partial charge in [0.25, 0.3) is 0 Å². The van der Waals surface area contributed by atoms with E-state index >= 15 is 0 Å².